The molecular formula is C33H69NO. The van der Waals surface area contributed by atoms with Crippen molar-refractivity contribution in [3.8, 4) is 0 Å². The second kappa shape index (κ2) is 31.9. The fourth-order valence-corrected chi connectivity index (χ4v) is 5.26. The molecule has 2 nitrogen and oxygen atoms in total. The molecule has 0 aliphatic rings. The summed E-state index contributed by atoms with van der Waals surface area (Å²) in [5.41, 5.74) is 5.81. The molecule has 2 N–H and O–H groups in total. The molecule has 0 spiro atoms. The SMILES string of the molecule is CCCCCCCCCCCCCCCCCCCCCCC(CCN)OCCCCCCCC. The van der Waals surface area contributed by atoms with E-state index in [0.717, 1.165) is 19.6 Å². The van der Waals surface area contributed by atoms with E-state index in [1.54, 1.807) is 0 Å². The van der Waals surface area contributed by atoms with E-state index in [1.165, 1.54) is 173 Å². The fraction of sp³-hybridized carbons (Fsp3) is 1.00. The van der Waals surface area contributed by atoms with Gasteiger partial charge >= 0.3 is 0 Å². The van der Waals surface area contributed by atoms with Gasteiger partial charge in [0.2, 0.25) is 0 Å². The minimum Gasteiger partial charge on any atom is -0.378 e. The van der Waals surface area contributed by atoms with E-state index in [2.05, 4.69) is 13.8 Å². The second-order valence-electron chi connectivity index (χ2n) is 11.3. The number of ether oxygens (including phenoxy) is 1. The van der Waals surface area contributed by atoms with Crippen molar-refractivity contribution in [2.24, 2.45) is 5.73 Å². The summed E-state index contributed by atoms with van der Waals surface area (Å²) in [4.78, 5) is 0. The van der Waals surface area contributed by atoms with E-state index in [1.807, 2.05) is 0 Å². The monoisotopic (exact) mass is 496 g/mol. The van der Waals surface area contributed by atoms with Crippen LogP contribution in [0.5, 0.6) is 0 Å². The van der Waals surface area contributed by atoms with Crippen molar-refractivity contribution in [1.82, 2.24) is 0 Å². The summed E-state index contributed by atoms with van der Waals surface area (Å²) in [5, 5.41) is 0. The van der Waals surface area contributed by atoms with Gasteiger partial charge in [-0.2, -0.15) is 0 Å². The molecule has 0 saturated heterocycles. The highest BCUT2D eigenvalue weighted by Crippen LogP contribution is 2.16. The average Bonchev–Trinajstić information content (AvgIpc) is 2.86. The van der Waals surface area contributed by atoms with E-state index in [4.69, 9.17) is 10.5 Å². The van der Waals surface area contributed by atoms with Gasteiger partial charge in [0.1, 0.15) is 0 Å². The molecular weight excluding hydrogens is 426 g/mol. The third kappa shape index (κ3) is 30.0. The molecule has 0 aromatic rings. The number of unbranched alkanes of at least 4 members (excludes halogenated alkanes) is 24. The third-order valence-corrected chi connectivity index (χ3v) is 7.72. The van der Waals surface area contributed by atoms with Gasteiger partial charge < -0.3 is 10.5 Å². The fourth-order valence-electron chi connectivity index (χ4n) is 5.26. The zero-order chi connectivity index (χ0) is 25.5. The highest BCUT2D eigenvalue weighted by Gasteiger charge is 2.08. The van der Waals surface area contributed by atoms with Gasteiger partial charge in [0, 0.05) is 6.61 Å². The Kier molecular flexibility index (Phi) is 31.9. The lowest BCUT2D eigenvalue weighted by atomic mass is 10.0. The van der Waals surface area contributed by atoms with Crippen LogP contribution in [0.25, 0.3) is 0 Å². The van der Waals surface area contributed by atoms with E-state index in [9.17, 15) is 0 Å². The predicted molar refractivity (Wildman–Crippen MR) is 159 cm³/mol. The van der Waals surface area contributed by atoms with Crippen molar-refractivity contribution in [3.05, 3.63) is 0 Å². The van der Waals surface area contributed by atoms with Gasteiger partial charge in [-0.15, -0.1) is 0 Å². The standard InChI is InChI=1S/C33H69NO/c1-3-5-7-9-11-12-13-14-15-16-17-18-19-20-21-22-23-24-25-27-29-33(30-31-34)35-32-28-26-10-8-6-4-2/h33H,3-32,34H2,1-2H3. The highest BCUT2D eigenvalue weighted by molar-refractivity contribution is 4.60. The molecule has 2 heteroatoms. The maximum Gasteiger partial charge on any atom is 0.0587 e. The maximum atomic E-state index is 6.15. The van der Waals surface area contributed by atoms with Crippen molar-refractivity contribution < 1.29 is 4.74 Å². The quantitative estimate of drug-likeness (QED) is 0.0970. The zero-order valence-electron chi connectivity index (χ0n) is 24.8. The summed E-state index contributed by atoms with van der Waals surface area (Å²) in [5.74, 6) is 0. The van der Waals surface area contributed by atoms with Crippen LogP contribution in [0.4, 0.5) is 0 Å². The van der Waals surface area contributed by atoms with Crippen LogP contribution < -0.4 is 5.73 Å². The molecule has 0 heterocycles. The Morgan fingerprint density at radius 3 is 1.06 bits per heavy atom. The van der Waals surface area contributed by atoms with Crippen molar-refractivity contribution in [2.75, 3.05) is 13.2 Å². The molecule has 1 atom stereocenters. The summed E-state index contributed by atoms with van der Waals surface area (Å²) in [6.07, 6.45) is 39.6. The molecule has 0 radical (unpaired) electrons. The van der Waals surface area contributed by atoms with Crippen LogP contribution in [-0.2, 0) is 4.74 Å². The van der Waals surface area contributed by atoms with Crippen LogP contribution in [0, 0.1) is 0 Å². The summed E-state index contributed by atoms with van der Waals surface area (Å²) < 4.78 is 6.15. The van der Waals surface area contributed by atoms with E-state index < -0.39 is 0 Å². The van der Waals surface area contributed by atoms with Gasteiger partial charge in [0.05, 0.1) is 6.10 Å². The van der Waals surface area contributed by atoms with E-state index >= 15 is 0 Å². The van der Waals surface area contributed by atoms with Gasteiger partial charge in [-0.05, 0) is 25.8 Å². The van der Waals surface area contributed by atoms with Crippen LogP contribution in [0.3, 0.4) is 0 Å². The van der Waals surface area contributed by atoms with Crippen LogP contribution in [0.15, 0.2) is 0 Å². The topological polar surface area (TPSA) is 35.2 Å². The van der Waals surface area contributed by atoms with E-state index in [-0.39, 0.29) is 0 Å². The molecule has 0 aliphatic carbocycles. The Hall–Kier alpha value is -0.0800. The number of nitrogens with two attached hydrogens (primary N) is 1. The lowest BCUT2D eigenvalue weighted by Gasteiger charge is -2.17. The van der Waals surface area contributed by atoms with Crippen molar-refractivity contribution >= 4 is 0 Å². The first-order chi connectivity index (χ1) is 17.3. The Balaban J connectivity index is 3.28. The molecule has 0 amide bonds. The molecule has 35 heavy (non-hydrogen) atoms. The summed E-state index contributed by atoms with van der Waals surface area (Å²) >= 11 is 0. The minimum atomic E-state index is 0.409. The summed E-state index contributed by atoms with van der Waals surface area (Å²) in [6, 6.07) is 0. The molecule has 0 bridgehead atoms. The van der Waals surface area contributed by atoms with Crippen LogP contribution in [-0.4, -0.2) is 19.3 Å². The van der Waals surface area contributed by atoms with Gasteiger partial charge in [0.25, 0.3) is 0 Å². The normalized spacial score (nSPS) is 12.4. The molecule has 0 aromatic carbocycles. The lowest BCUT2D eigenvalue weighted by molar-refractivity contribution is 0.0390. The summed E-state index contributed by atoms with van der Waals surface area (Å²) in [7, 11) is 0. The summed E-state index contributed by atoms with van der Waals surface area (Å²) in [6.45, 7) is 6.29. The molecule has 0 saturated carbocycles. The Labute approximate surface area is 223 Å². The average molecular weight is 496 g/mol. The van der Waals surface area contributed by atoms with E-state index in [0.29, 0.717) is 6.10 Å². The molecule has 0 aromatic heterocycles. The van der Waals surface area contributed by atoms with Gasteiger partial charge in [-0.1, -0.05) is 174 Å². The number of rotatable bonds is 31. The molecule has 1 unspecified atom stereocenters. The molecule has 0 aliphatic heterocycles. The predicted octanol–water partition coefficient (Wildman–Crippen LogP) is 11.3. The number of hydrogen-bond acceptors (Lipinski definition) is 2. The molecule has 212 valence electrons. The first kappa shape index (κ1) is 34.9. The van der Waals surface area contributed by atoms with Crippen LogP contribution in [0.2, 0.25) is 0 Å². The Morgan fingerprint density at radius 1 is 0.400 bits per heavy atom. The van der Waals surface area contributed by atoms with Crippen molar-refractivity contribution in [1.29, 1.82) is 0 Å². The van der Waals surface area contributed by atoms with Crippen molar-refractivity contribution in [2.45, 2.75) is 200 Å². The van der Waals surface area contributed by atoms with Crippen LogP contribution in [0.1, 0.15) is 194 Å². The first-order valence-corrected chi connectivity index (χ1v) is 16.7. The maximum absolute atomic E-state index is 6.15. The molecule has 0 fully saturated rings. The smallest absolute Gasteiger partial charge is 0.0587 e. The third-order valence-electron chi connectivity index (χ3n) is 7.72. The number of hydrogen-bond donors (Lipinski definition) is 1. The Morgan fingerprint density at radius 2 is 0.714 bits per heavy atom. The Bertz CT molecular complexity index is 359. The lowest BCUT2D eigenvalue weighted by Crippen LogP contribution is -2.18. The minimum absolute atomic E-state index is 0.409. The van der Waals surface area contributed by atoms with Gasteiger partial charge in [-0.3, -0.25) is 0 Å². The van der Waals surface area contributed by atoms with Gasteiger partial charge in [0.15, 0.2) is 0 Å². The van der Waals surface area contributed by atoms with Crippen molar-refractivity contribution in [3.63, 3.8) is 0 Å². The first-order valence-electron chi connectivity index (χ1n) is 16.7. The molecule has 0 rings (SSSR count). The largest absolute Gasteiger partial charge is 0.378 e. The zero-order valence-corrected chi connectivity index (χ0v) is 24.8. The second-order valence-corrected chi connectivity index (χ2v) is 11.3. The van der Waals surface area contributed by atoms with Gasteiger partial charge in [-0.25, -0.2) is 0 Å². The van der Waals surface area contributed by atoms with Crippen LogP contribution >= 0.6 is 0 Å². The highest BCUT2D eigenvalue weighted by atomic mass is 16.5.